The number of nitrogens with zero attached hydrogens (tertiary/aromatic N) is 6. The van der Waals surface area contributed by atoms with Crippen LogP contribution in [0.25, 0.3) is 11.3 Å². The molecule has 83 heavy (non-hydrogen) atoms. The van der Waals surface area contributed by atoms with Crippen molar-refractivity contribution in [2.45, 2.75) is 121 Å². The average molecular weight is 1410 g/mol. The van der Waals surface area contributed by atoms with Gasteiger partial charge in [-0.25, -0.2) is 9.18 Å². The number of carbonyl (C=O) groups excluding carboxylic acids is 5. The first-order valence-corrected chi connectivity index (χ1v) is 31.1. The first kappa shape index (κ1) is 60.7. The molecule has 15 nitrogen and oxygen atoms in total. The standard InChI is InChI=1S/C25H22ClFN2O4.C18H18ClIN2O2.C18H18ClIN2O.CO2/c26-19-3-1-2-16(14-5-6-14)22(19)24(31)29-21-10-13(12-30)4-8-18(21)23(28-29)17-9-7-15(25(32)33)11-20(17)27;19-14-3-1-2-12(11-5-6-11)16(14)18(24)22-15-8-10(9-23)4-7-13(15)17(20)21-22;1-10-5-8-13-15(9-10)22(21-17(13)20)18(23)16-12(11-6-7-11)3-2-4-14(16)19;2-1-3/h1-3,7,9,11,13-14,30H,4-6,8,10,12H2,(H,32,33);1-3,10-11,23H,4-9H2;2-4,10-11H,5-9H2,1H3;. The maximum atomic E-state index is 14.9. The van der Waals surface area contributed by atoms with E-state index >= 15 is 0 Å². The van der Waals surface area contributed by atoms with Gasteiger partial charge >= 0.3 is 12.1 Å². The predicted molar refractivity (Wildman–Crippen MR) is 325 cm³/mol. The minimum atomic E-state index is -1.22. The van der Waals surface area contributed by atoms with Crippen LogP contribution in [0, 0.1) is 31.0 Å². The lowest BCUT2D eigenvalue weighted by Gasteiger charge is -2.22. The number of rotatable bonds is 10. The van der Waals surface area contributed by atoms with Gasteiger partial charge in [0, 0.05) is 35.5 Å². The molecule has 3 atom stereocenters. The van der Waals surface area contributed by atoms with Crippen molar-refractivity contribution in [1.82, 2.24) is 29.3 Å². The third-order valence-corrected chi connectivity index (χ3v) is 19.2. The molecule has 0 spiro atoms. The number of carbonyl (C=O) groups is 4. The van der Waals surface area contributed by atoms with Gasteiger partial charge in [0.1, 0.15) is 13.2 Å². The number of hydrogen-bond acceptors (Lipinski definition) is 11. The molecule has 432 valence electrons. The molecule has 3 unspecified atom stereocenters. The van der Waals surface area contributed by atoms with E-state index in [9.17, 15) is 33.8 Å². The van der Waals surface area contributed by atoms with Crippen molar-refractivity contribution < 1.29 is 48.5 Å². The van der Waals surface area contributed by atoms with Crippen LogP contribution in [0.15, 0.2) is 72.8 Å². The Balaban J connectivity index is 0.000000138. The van der Waals surface area contributed by atoms with Crippen LogP contribution in [-0.2, 0) is 48.1 Å². The van der Waals surface area contributed by atoms with Crippen LogP contribution in [0.3, 0.4) is 0 Å². The molecule has 4 aromatic carbocycles. The SMILES string of the molecule is CC1CCc2c(I)nn(C(=O)c3c(Cl)cccc3C3CC3)c2C1.O=C(O)c1ccc(-c2nn(C(=O)c3c(Cl)cccc3C3CC3)c3c2CCC(CO)C3)c(F)c1.O=C(c1c(Cl)cccc1C1CC1)n1nc(I)c2c1CC(CO)CC2.O=C=O. The summed E-state index contributed by atoms with van der Waals surface area (Å²) in [5.74, 6) is -0.522. The smallest absolute Gasteiger partial charge is 0.373 e. The minimum Gasteiger partial charge on any atom is -0.478 e. The van der Waals surface area contributed by atoms with Crippen LogP contribution in [0.4, 0.5) is 4.39 Å². The Kier molecular flexibility index (Phi) is 19.0. The summed E-state index contributed by atoms with van der Waals surface area (Å²) in [6.07, 6.45) is 14.0. The largest absolute Gasteiger partial charge is 0.478 e. The first-order valence-electron chi connectivity index (χ1n) is 27.8. The van der Waals surface area contributed by atoms with E-state index in [0.717, 1.165) is 117 Å². The number of carboxylic acids is 1. The molecule has 6 aliphatic carbocycles. The van der Waals surface area contributed by atoms with Crippen molar-refractivity contribution in [2.75, 3.05) is 13.2 Å². The molecule has 3 aromatic heterocycles. The van der Waals surface area contributed by atoms with E-state index in [1.165, 1.54) is 33.5 Å². The Bertz CT molecular complexity index is 3730. The predicted octanol–water partition coefficient (Wildman–Crippen LogP) is 12.8. The van der Waals surface area contributed by atoms with E-state index in [4.69, 9.17) is 49.5 Å². The molecule has 3 N–H and O–H groups in total. The van der Waals surface area contributed by atoms with Gasteiger partial charge in [-0.15, -0.1) is 0 Å². The zero-order valence-electron chi connectivity index (χ0n) is 45.2. The molecule has 0 aliphatic heterocycles. The molecule has 21 heteroatoms. The van der Waals surface area contributed by atoms with Crippen molar-refractivity contribution >= 4 is 110 Å². The number of aliphatic hydroxyl groups is 2. The Morgan fingerprint density at radius 3 is 1.36 bits per heavy atom. The molecule has 3 saturated carbocycles. The summed E-state index contributed by atoms with van der Waals surface area (Å²) < 4.78 is 21.2. The molecule has 0 saturated heterocycles. The minimum absolute atomic E-state index is 0.0186. The number of aromatic nitrogens is 6. The zero-order valence-corrected chi connectivity index (χ0v) is 51.7. The van der Waals surface area contributed by atoms with Crippen LogP contribution in [0.1, 0.15) is 174 Å². The van der Waals surface area contributed by atoms with E-state index in [0.29, 0.717) is 92.5 Å². The second-order valence-electron chi connectivity index (χ2n) is 22.3. The zero-order chi connectivity index (χ0) is 59.0. The molecule has 7 aromatic rings. The summed E-state index contributed by atoms with van der Waals surface area (Å²) in [5.41, 5.74) is 10.8. The second kappa shape index (κ2) is 26.0. The van der Waals surface area contributed by atoms with Crippen molar-refractivity contribution in [1.29, 1.82) is 0 Å². The number of aliphatic hydroxyl groups excluding tert-OH is 2. The summed E-state index contributed by atoms with van der Waals surface area (Å²) in [4.78, 5) is 67.7. The normalized spacial score (nSPS) is 18.5. The highest BCUT2D eigenvalue weighted by atomic mass is 127. The van der Waals surface area contributed by atoms with Crippen LogP contribution >= 0.6 is 80.0 Å². The molecule has 3 fully saturated rings. The van der Waals surface area contributed by atoms with E-state index in [-0.39, 0.29) is 60.0 Å². The summed E-state index contributed by atoms with van der Waals surface area (Å²) in [7, 11) is 0. The van der Waals surface area contributed by atoms with Gasteiger partial charge in [-0.05, 0) is 230 Å². The summed E-state index contributed by atoms with van der Waals surface area (Å²) >= 11 is 23.7. The second-order valence-corrected chi connectivity index (χ2v) is 25.6. The highest BCUT2D eigenvalue weighted by molar-refractivity contribution is 14.1. The number of fused-ring (bicyclic) bond motifs is 3. The number of carboxylic acid groups (broad SMARTS) is 1. The fourth-order valence-electron chi connectivity index (χ4n) is 11.7. The summed E-state index contributed by atoms with van der Waals surface area (Å²) in [6, 6.07) is 20.6. The summed E-state index contributed by atoms with van der Waals surface area (Å²) in [6.45, 7) is 2.37. The molecular formula is C62H58Cl3FI2N6O9. The highest BCUT2D eigenvalue weighted by Crippen LogP contribution is 2.46. The quantitative estimate of drug-likeness (QED) is 0.109. The van der Waals surface area contributed by atoms with Crippen molar-refractivity contribution in [3.05, 3.63) is 174 Å². The van der Waals surface area contributed by atoms with Gasteiger partial charge in [-0.1, -0.05) is 78.1 Å². The molecular weight excluding hydrogens is 1350 g/mol. The Hall–Kier alpha value is -5.45. The van der Waals surface area contributed by atoms with Gasteiger partial charge < -0.3 is 15.3 Å². The molecule has 13 rings (SSSR count). The van der Waals surface area contributed by atoms with Gasteiger partial charge in [0.25, 0.3) is 17.7 Å². The number of halogens is 6. The Labute approximate surface area is 520 Å². The average Bonchev–Trinajstić information content (AvgIpc) is 4.04. The van der Waals surface area contributed by atoms with Gasteiger partial charge in [0.2, 0.25) is 0 Å². The van der Waals surface area contributed by atoms with E-state index in [1.807, 2.05) is 42.5 Å². The van der Waals surface area contributed by atoms with Gasteiger partial charge in [-0.3, -0.25) is 14.4 Å². The lowest BCUT2D eigenvalue weighted by Crippen LogP contribution is -2.24. The fourth-order valence-corrected chi connectivity index (χ4v) is 14.1. The maximum Gasteiger partial charge on any atom is 0.373 e. The van der Waals surface area contributed by atoms with Crippen LogP contribution < -0.4 is 0 Å². The van der Waals surface area contributed by atoms with Gasteiger partial charge in [0.05, 0.1) is 60.1 Å². The molecule has 6 aliphatic rings. The van der Waals surface area contributed by atoms with Crippen LogP contribution in [-0.4, -0.2) is 87.7 Å². The fraction of sp³-hybridized carbons (Fsp3) is 0.387. The van der Waals surface area contributed by atoms with E-state index < -0.39 is 11.8 Å². The number of hydrogen-bond donors (Lipinski definition) is 3. The first-order chi connectivity index (χ1) is 40.0. The Morgan fingerprint density at radius 2 is 0.964 bits per heavy atom. The van der Waals surface area contributed by atoms with E-state index in [2.05, 4.69) is 67.4 Å². The summed E-state index contributed by atoms with van der Waals surface area (Å²) in [5, 5.41) is 43.4. The van der Waals surface area contributed by atoms with Crippen molar-refractivity contribution in [2.24, 2.45) is 17.8 Å². The number of aromatic carboxylic acids is 1. The lowest BCUT2D eigenvalue weighted by molar-refractivity contribution is -0.191. The third kappa shape index (κ3) is 12.9. The van der Waals surface area contributed by atoms with Crippen molar-refractivity contribution in [3.8, 4) is 11.3 Å². The van der Waals surface area contributed by atoms with Crippen molar-refractivity contribution in [3.63, 3.8) is 0 Å². The topological polar surface area (TPSA) is 217 Å². The Morgan fingerprint density at radius 1 is 0.578 bits per heavy atom. The van der Waals surface area contributed by atoms with Gasteiger partial charge in [0.15, 0.2) is 0 Å². The van der Waals surface area contributed by atoms with E-state index in [1.54, 1.807) is 16.8 Å². The van der Waals surface area contributed by atoms with Gasteiger partial charge in [-0.2, -0.15) is 38.9 Å². The highest BCUT2D eigenvalue weighted by Gasteiger charge is 2.37. The van der Waals surface area contributed by atoms with Crippen LogP contribution in [0.2, 0.25) is 15.1 Å². The maximum absolute atomic E-state index is 14.9. The molecule has 0 bridgehead atoms. The molecule has 0 radical (unpaired) electrons. The molecule has 0 amide bonds. The monoisotopic (exact) mass is 1410 g/mol. The van der Waals surface area contributed by atoms with Crippen LogP contribution in [0.5, 0.6) is 0 Å². The molecule has 3 heterocycles. The lowest BCUT2D eigenvalue weighted by atomic mass is 9.86. The number of benzene rings is 4. The third-order valence-electron chi connectivity index (χ3n) is 16.6.